The fourth-order valence-electron chi connectivity index (χ4n) is 2.17. The lowest BCUT2D eigenvalue weighted by molar-refractivity contribution is -0.0149. The van der Waals surface area contributed by atoms with Gasteiger partial charge in [-0.2, -0.15) is 0 Å². The van der Waals surface area contributed by atoms with E-state index in [1.807, 2.05) is 0 Å². The third kappa shape index (κ3) is 3.43. The highest BCUT2D eigenvalue weighted by molar-refractivity contribution is 6.29. The van der Waals surface area contributed by atoms with E-state index in [9.17, 15) is 4.79 Å². The number of carbonyl (C=O) groups is 1. The second-order valence-electron chi connectivity index (χ2n) is 4.42. The van der Waals surface area contributed by atoms with Gasteiger partial charge in [-0.1, -0.05) is 11.6 Å². The van der Waals surface area contributed by atoms with Crippen LogP contribution in [0.25, 0.3) is 0 Å². The third-order valence-corrected chi connectivity index (χ3v) is 3.35. The quantitative estimate of drug-likeness (QED) is 0.625. The predicted molar refractivity (Wildman–Crippen MR) is 67.7 cm³/mol. The first-order chi connectivity index (χ1) is 8.69. The zero-order chi connectivity index (χ0) is 13.0. The van der Waals surface area contributed by atoms with E-state index in [1.54, 1.807) is 13.2 Å². The van der Waals surface area contributed by atoms with Crippen molar-refractivity contribution in [3.63, 3.8) is 0 Å². The van der Waals surface area contributed by atoms with Crippen molar-refractivity contribution >= 4 is 17.6 Å². The van der Waals surface area contributed by atoms with Crippen molar-refractivity contribution in [3.05, 3.63) is 29.0 Å². The lowest BCUT2D eigenvalue weighted by atomic mass is 9.95. The normalized spacial score (nSPS) is 23.7. The van der Waals surface area contributed by atoms with Crippen LogP contribution >= 0.6 is 11.6 Å². The highest BCUT2D eigenvalue weighted by Gasteiger charge is 2.25. The van der Waals surface area contributed by atoms with E-state index in [4.69, 9.17) is 21.1 Å². The van der Waals surface area contributed by atoms with Crippen molar-refractivity contribution < 1.29 is 14.3 Å². The molecule has 0 N–H and O–H groups in total. The van der Waals surface area contributed by atoms with Crippen LogP contribution in [0.1, 0.15) is 36.0 Å². The monoisotopic (exact) mass is 269 g/mol. The Bertz CT molecular complexity index is 424. The van der Waals surface area contributed by atoms with Crippen LogP contribution in [-0.2, 0) is 9.47 Å². The van der Waals surface area contributed by atoms with Crippen LogP contribution in [0.4, 0.5) is 0 Å². The van der Waals surface area contributed by atoms with E-state index in [0.29, 0.717) is 10.7 Å². The number of aromatic nitrogens is 1. The lowest BCUT2D eigenvalue weighted by Crippen LogP contribution is -2.29. The van der Waals surface area contributed by atoms with Gasteiger partial charge in [-0.05, 0) is 31.4 Å². The van der Waals surface area contributed by atoms with E-state index < -0.39 is 0 Å². The Balaban J connectivity index is 1.95. The molecular formula is C13H16ClNO3. The van der Waals surface area contributed by atoms with Gasteiger partial charge in [-0.25, -0.2) is 9.78 Å². The number of hydrogen-bond acceptors (Lipinski definition) is 4. The van der Waals surface area contributed by atoms with Crippen LogP contribution in [0.3, 0.4) is 0 Å². The number of rotatable bonds is 3. The van der Waals surface area contributed by atoms with Gasteiger partial charge in [0.15, 0.2) is 0 Å². The first-order valence-electron chi connectivity index (χ1n) is 6.04. The number of pyridine rings is 1. The number of methoxy groups -OCH3 is 1. The summed E-state index contributed by atoms with van der Waals surface area (Å²) in [6.07, 6.45) is 5.34. The molecule has 0 saturated heterocycles. The summed E-state index contributed by atoms with van der Waals surface area (Å²) in [6, 6.07) is 3.12. The van der Waals surface area contributed by atoms with Gasteiger partial charge in [0.25, 0.3) is 0 Å². The highest BCUT2D eigenvalue weighted by Crippen LogP contribution is 2.24. The first kappa shape index (κ1) is 13.3. The van der Waals surface area contributed by atoms with E-state index in [1.165, 1.54) is 12.3 Å². The summed E-state index contributed by atoms with van der Waals surface area (Å²) in [6.45, 7) is 0. The molecule has 2 unspecified atom stereocenters. The molecular weight excluding hydrogens is 254 g/mol. The second kappa shape index (κ2) is 6.16. The van der Waals surface area contributed by atoms with Crippen LogP contribution in [0.5, 0.6) is 0 Å². The first-order valence-corrected chi connectivity index (χ1v) is 6.42. The van der Waals surface area contributed by atoms with Gasteiger partial charge >= 0.3 is 5.97 Å². The Morgan fingerprint density at radius 1 is 1.44 bits per heavy atom. The Hall–Kier alpha value is -1.13. The fraction of sp³-hybridized carbons (Fsp3) is 0.538. The van der Waals surface area contributed by atoms with Gasteiger partial charge in [0, 0.05) is 19.7 Å². The van der Waals surface area contributed by atoms with Gasteiger partial charge in [0.2, 0.25) is 0 Å². The van der Waals surface area contributed by atoms with E-state index in [0.717, 1.165) is 25.7 Å². The van der Waals surface area contributed by atoms with Crippen molar-refractivity contribution in [2.24, 2.45) is 0 Å². The zero-order valence-electron chi connectivity index (χ0n) is 10.3. The Morgan fingerprint density at radius 3 is 2.94 bits per heavy atom. The van der Waals surface area contributed by atoms with Gasteiger partial charge < -0.3 is 9.47 Å². The van der Waals surface area contributed by atoms with Gasteiger partial charge in [-0.3, -0.25) is 0 Å². The molecule has 1 aliphatic rings. The molecule has 0 spiro atoms. The maximum absolute atomic E-state index is 11.9. The molecule has 0 radical (unpaired) electrons. The number of ether oxygens (including phenoxy) is 2. The lowest BCUT2D eigenvalue weighted by Gasteiger charge is -2.27. The zero-order valence-corrected chi connectivity index (χ0v) is 11.0. The number of esters is 1. The molecule has 2 atom stereocenters. The maximum atomic E-state index is 11.9. The molecule has 1 saturated carbocycles. The molecule has 18 heavy (non-hydrogen) atoms. The summed E-state index contributed by atoms with van der Waals surface area (Å²) in [5.41, 5.74) is 0.439. The minimum atomic E-state index is -0.346. The summed E-state index contributed by atoms with van der Waals surface area (Å²) >= 11 is 5.74. The fourth-order valence-corrected chi connectivity index (χ4v) is 2.35. The average molecular weight is 270 g/mol. The molecule has 1 heterocycles. The van der Waals surface area contributed by atoms with Crippen LogP contribution in [0.2, 0.25) is 5.15 Å². The second-order valence-corrected chi connectivity index (χ2v) is 4.81. The van der Waals surface area contributed by atoms with E-state index in [-0.39, 0.29) is 18.2 Å². The van der Waals surface area contributed by atoms with Crippen LogP contribution in [0, 0.1) is 0 Å². The highest BCUT2D eigenvalue weighted by atomic mass is 35.5. The largest absolute Gasteiger partial charge is 0.459 e. The van der Waals surface area contributed by atoms with Crippen molar-refractivity contribution in [3.8, 4) is 0 Å². The Morgan fingerprint density at radius 2 is 2.22 bits per heavy atom. The Labute approximate surface area is 111 Å². The van der Waals surface area contributed by atoms with Crippen LogP contribution < -0.4 is 0 Å². The Kier molecular flexibility index (Phi) is 4.55. The van der Waals surface area contributed by atoms with E-state index in [2.05, 4.69) is 4.98 Å². The topological polar surface area (TPSA) is 48.4 Å². The molecule has 1 aromatic rings. The number of hydrogen-bond donors (Lipinski definition) is 0. The molecule has 0 aromatic carbocycles. The molecule has 5 heteroatoms. The number of nitrogens with zero attached hydrogens (tertiary/aromatic N) is 1. The van der Waals surface area contributed by atoms with Gasteiger partial charge in [0.05, 0.1) is 11.7 Å². The van der Waals surface area contributed by atoms with Gasteiger partial charge in [-0.15, -0.1) is 0 Å². The molecule has 1 aromatic heterocycles. The van der Waals surface area contributed by atoms with Crippen LogP contribution in [-0.4, -0.2) is 30.3 Å². The third-order valence-electron chi connectivity index (χ3n) is 3.15. The molecule has 2 rings (SSSR count). The summed E-state index contributed by atoms with van der Waals surface area (Å²) < 4.78 is 10.8. The van der Waals surface area contributed by atoms with Crippen molar-refractivity contribution in [2.75, 3.05) is 7.11 Å². The summed E-state index contributed by atoms with van der Waals surface area (Å²) in [5.74, 6) is -0.346. The maximum Gasteiger partial charge on any atom is 0.338 e. The van der Waals surface area contributed by atoms with Gasteiger partial charge in [0.1, 0.15) is 11.3 Å². The molecule has 1 fully saturated rings. The molecule has 0 bridgehead atoms. The number of carbonyl (C=O) groups excluding carboxylic acids is 1. The molecule has 98 valence electrons. The van der Waals surface area contributed by atoms with Crippen molar-refractivity contribution in [2.45, 2.75) is 37.9 Å². The van der Waals surface area contributed by atoms with Crippen molar-refractivity contribution in [1.82, 2.24) is 4.98 Å². The van der Waals surface area contributed by atoms with Crippen molar-refractivity contribution in [1.29, 1.82) is 0 Å². The minimum Gasteiger partial charge on any atom is -0.459 e. The summed E-state index contributed by atoms with van der Waals surface area (Å²) in [5, 5.41) is 0.294. The smallest absolute Gasteiger partial charge is 0.338 e. The molecule has 0 aliphatic heterocycles. The predicted octanol–water partition coefficient (Wildman–Crippen LogP) is 2.85. The average Bonchev–Trinajstić information content (AvgIpc) is 2.39. The molecule has 0 amide bonds. The molecule has 1 aliphatic carbocycles. The van der Waals surface area contributed by atoms with Crippen LogP contribution in [0.15, 0.2) is 18.3 Å². The summed E-state index contributed by atoms with van der Waals surface area (Å²) in [7, 11) is 1.69. The molecule has 4 nitrogen and oxygen atoms in total. The van der Waals surface area contributed by atoms with E-state index >= 15 is 0 Å². The summed E-state index contributed by atoms with van der Waals surface area (Å²) in [4.78, 5) is 15.7. The standard InChI is InChI=1S/C13H16ClNO3/c1-17-10-3-2-4-11(8-10)18-13(16)9-5-6-15-12(14)7-9/h5-7,10-11H,2-4,8H2,1H3. The SMILES string of the molecule is COC1CCCC(OC(=O)c2ccnc(Cl)c2)C1. The number of halogens is 1. The minimum absolute atomic E-state index is 0.0665.